The fourth-order valence-electron chi connectivity index (χ4n) is 2.32. The van der Waals surface area contributed by atoms with Crippen molar-refractivity contribution < 1.29 is 14.6 Å². The summed E-state index contributed by atoms with van der Waals surface area (Å²) in [7, 11) is 0. The van der Waals surface area contributed by atoms with Gasteiger partial charge in [0.05, 0.1) is 12.7 Å². The van der Waals surface area contributed by atoms with E-state index in [1.165, 1.54) is 0 Å². The molecule has 0 aromatic heterocycles. The van der Waals surface area contributed by atoms with Crippen LogP contribution in [0.4, 0.5) is 0 Å². The Morgan fingerprint density at radius 1 is 1.04 bits per heavy atom. The van der Waals surface area contributed by atoms with Gasteiger partial charge in [0.2, 0.25) is 0 Å². The molecule has 23 heavy (non-hydrogen) atoms. The van der Waals surface area contributed by atoms with Gasteiger partial charge in [-0.1, -0.05) is 60.1 Å². The summed E-state index contributed by atoms with van der Waals surface area (Å²) in [6.07, 6.45) is 0.292. The van der Waals surface area contributed by atoms with Crippen LogP contribution < -0.4 is 0 Å². The second-order valence-corrected chi connectivity index (χ2v) is 6.31. The molecule has 0 bridgehead atoms. The minimum absolute atomic E-state index is 0.320. The molecule has 2 aromatic rings. The van der Waals surface area contributed by atoms with Crippen molar-refractivity contribution in [1.82, 2.24) is 0 Å². The fourth-order valence-corrected chi connectivity index (χ4v) is 2.57. The molecule has 0 saturated carbocycles. The van der Waals surface area contributed by atoms with Gasteiger partial charge in [0.1, 0.15) is 0 Å². The van der Waals surface area contributed by atoms with E-state index in [-0.39, 0.29) is 6.10 Å². The van der Waals surface area contributed by atoms with E-state index in [0.717, 1.165) is 11.1 Å². The van der Waals surface area contributed by atoms with Crippen molar-refractivity contribution in [3.05, 3.63) is 70.7 Å². The molecule has 0 aliphatic rings. The van der Waals surface area contributed by atoms with Crippen LogP contribution in [-0.4, -0.2) is 17.5 Å². The molecule has 0 spiro atoms. The van der Waals surface area contributed by atoms with Crippen LogP contribution in [0.5, 0.6) is 0 Å². The van der Waals surface area contributed by atoms with Gasteiger partial charge in [-0.3, -0.25) is 0 Å². The van der Waals surface area contributed by atoms with Crippen molar-refractivity contribution in [3.8, 4) is 0 Å². The molecule has 0 fully saturated rings. The largest absolute Gasteiger partial charge is 0.377 e. The van der Waals surface area contributed by atoms with Gasteiger partial charge in [0.15, 0.2) is 5.79 Å². The standard InChI is InChI=1S/C19H23ClO3/c1-19(2,21)23-18(16-10-6-7-11-17(16)20)12-13-22-14-15-8-4-3-5-9-15/h3-11,18,21H,12-14H2,1-2H3/t18-/m0/s1. The van der Waals surface area contributed by atoms with Crippen LogP contribution in [0.25, 0.3) is 0 Å². The van der Waals surface area contributed by atoms with Gasteiger partial charge in [0.25, 0.3) is 0 Å². The van der Waals surface area contributed by atoms with Gasteiger partial charge >= 0.3 is 0 Å². The molecule has 0 amide bonds. The molecule has 0 saturated heterocycles. The summed E-state index contributed by atoms with van der Waals surface area (Å²) in [5, 5.41) is 10.6. The third kappa shape index (κ3) is 6.32. The summed E-state index contributed by atoms with van der Waals surface area (Å²) < 4.78 is 11.5. The smallest absolute Gasteiger partial charge is 0.160 e. The lowest BCUT2D eigenvalue weighted by Gasteiger charge is -2.27. The second-order valence-electron chi connectivity index (χ2n) is 5.90. The van der Waals surface area contributed by atoms with E-state index < -0.39 is 5.79 Å². The normalized spacial score (nSPS) is 13.0. The van der Waals surface area contributed by atoms with Crippen molar-refractivity contribution in [2.75, 3.05) is 6.61 Å². The molecular formula is C19H23ClO3. The van der Waals surface area contributed by atoms with E-state index in [0.29, 0.717) is 24.7 Å². The molecule has 3 nitrogen and oxygen atoms in total. The number of hydrogen-bond acceptors (Lipinski definition) is 3. The Morgan fingerprint density at radius 3 is 2.35 bits per heavy atom. The Balaban J connectivity index is 1.94. The Labute approximate surface area is 142 Å². The average molecular weight is 335 g/mol. The third-order valence-corrected chi connectivity index (χ3v) is 3.66. The Hall–Kier alpha value is -1.39. The molecule has 1 atom stereocenters. The number of benzene rings is 2. The van der Waals surface area contributed by atoms with E-state index in [4.69, 9.17) is 21.1 Å². The second kappa shape index (κ2) is 8.46. The minimum atomic E-state index is -1.23. The number of hydrogen-bond donors (Lipinski definition) is 1. The van der Waals surface area contributed by atoms with E-state index in [2.05, 4.69) is 0 Å². The molecule has 4 heteroatoms. The number of aliphatic hydroxyl groups is 1. The monoisotopic (exact) mass is 334 g/mol. The van der Waals surface area contributed by atoms with Crippen LogP contribution in [0.1, 0.15) is 37.5 Å². The highest BCUT2D eigenvalue weighted by Crippen LogP contribution is 2.31. The Bertz CT molecular complexity index is 593. The van der Waals surface area contributed by atoms with Crippen molar-refractivity contribution in [1.29, 1.82) is 0 Å². The first-order valence-corrected chi connectivity index (χ1v) is 8.10. The molecule has 124 valence electrons. The van der Waals surface area contributed by atoms with Crippen molar-refractivity contribution in [2.45, 2.75) is 38.8 Å². The number of halogens is 1. The Morgan fingerprint density at radius 2 is 1.70 bits per heavy atom. The maximum atomic E-state index is 9.97. The molecule has 0 unspecified atom stereocenters. The summed E-state index contributed by atoms with van der Waals surface area (Å²) in [6, 6.07) is 17.5. The molecule has 0 aliphatic heterocycles. The molecular weight excluding hydrogens is 312 g/mol. The highest BCUT2D eigenvalue weighted by atomic mass is 35.5. The first kappa shape index (κ1) is 18.0. The summed E-state index contributed by atoms with van der Waals surface area (Å²) >= 11 is 6.25. The van der Waals surface area contributed by atoms with Crippen LogP contribution >= 0.6 is 11.6 Å². The zero-order valence-corrected chi connectivity index (χ0v) is 14.3. The topological polar surface area (TPSA) is 38.7 Å². The highest BCUT2D eigenvalue weighted by Gasteiger charge is 2.23. The molecule has 2 rings (SSSR count). The fraction of sp³-hybridized carbons (Fsp3) is 0.368. The van der Waals surface area contributed by atoms with Crippen LogP contribution in [-0.2, 0) is 16.1 Å². The van der Waals surface area contributed by atoms with Gasteiger partial charge < -0.3 is 14.6 Å². The molecule has 2 aromatic carbocycles. The van der Waals surface area contributed by atoms with E-state index in [1.807, 2.05) is 54.6 Å². The predicted octanol–water partition coefficient (Wildman–Crippen LogP) is 4.73. The molecule has 0 aliphatic carbocycles. The lowest BCUT2D eigenvalue weighted by Crippen LogP contribution is -2.27. The van der Waals surface area contributed by atoms with E-state index in [9.17, 15) is 5.11 Å². The third-order valence-electron chi connectivity index (χ3n) is 3.32. The summed E-state index contributed by atoms with van der Waals surface area (Å²) in [6.45, 7) is 4.29. The van der Waals surface area contributed by atoms with Gasteiger partial charge in [0, 0.05) is 18.1 Å². The predicted molar refractivity (Wildman–Crippen MR) is 92.3 cm³/mol. The van der Waals surface area contributed by atoms with Crippen LogP contribution in [0.2, 0.25) is 5.02 Å². The molecule has 0 heterocycles. The van der Waals surface area contributed by atoms with Crippen molar-refractivity contribution >= 4 is 11.6 Å². The van der Waals surface area contributed by atoms with Crippen molar-refractivity contribution in [2.24, 2.45) is 0 Å². The van der Waals surface area contributed by atoms with Gasteiger partial charge in [-0.2, -0.15) is 0 Å². The van der Waals surface area contributed by atoms with E-state index >= 15 is 0 Å². The van der Waals surface area contributed by atoms with Crippen LogP contribution in [0.3, 0.4) is 0 Å². The van der Waals surface area contributed by atoms with Gasteiger partial charge in [-0.05, 0) is 31.0 Å². The zero-order valence-electron chi connectivity index (χ0n) is 13.5. The summed E-state index contributed by atoms with van der Waals surface area (Å²) in [5.41, 5.74) is 1.99. The highest BCUT2D eigenvalue weighted by molar-refractivity contribution is 6.31. The van der Waals surface area contributed by atoms with Gasteiger partial charge in [-0.15, -0.1) is 0 Å². The maximum Gasteiger partial charge on any atom is 0.160 e. The van der Waals surface area contributed by atoms with Gasteiger partial charge in [-0.25, -0.2) is 0 Å². The minimum Gasteiger partial charge on any atom is -0.377 e. The maximum absolute atomic E-state index is 9.97. The quantitative estimate of drug-likeness (QED) is 0.560. The van der Waals surface area contributed by atoms with Crippen molar-refractivity contribution in [3.63, 3.8) is 0 Å². The number of ether oxygens (including phenoxy) is 2. The number of rotatable bonds is 8. The summed E-state index contributed by atoms with van der Waals surface area (Å²) in [4.78, 5) is 0. The SMILES string of the molecule is CC(C)(O)O[C@@H](CCOCc1ccccc1)c1ccccc1Cl. The first-order chi connectivity index (χ1) is 11.0. The lowest BCUT2D eigenvalue weighted by atomic mass is 10.1. The lowest BCUT2D eigenvalue weighted by molar-refractivity contribution is -0.211. The zero-order chi connectivity index (χ0) is 16.7. The Kier molecular flexibility index (Phi) is 6.60. The summed E-state index contributed by atoms with van der Waals surface area (Å²) in [5.74, 6) is -1.23. The molecule has 0 radical (unpaired) electrons. The first-order valence-electron chi connectivity index (χ1n) is 7.72. The van der Waals surface area contributed by atoms with E-state index in [1.54, 1.807) is 13.8 Å². The van der Waals surface area contributed by atoms with Crippen LogP contribution in [0, 0.1) is 0 Å². The van der Waals surface area contributed by atoms with Crippen LogP contribution in [0.15, 0.2) is 54.6 Å². The molecule has 1 N–H and O–H groups in total. The average Bonchev–Trinajstić information content (AvgIpc) is 2.51.